The van der Waals surface area contributed by atoms with Crippen molar-refractivity contribution in [2.24, 2.45) is 0 Å². The van der Waals surface area contributed by atoms with Crippen LogP contribution in [0.15, 0.2) is 51.8 Å². The van der Waals surface area contributed by atoms with Gasteiger partial charge in [-0.2, -0.15) is 0 Å². The summed E-state index contributed by atoms with van der Waals surface area (Å²) in [5.41, 5.74) is 1.49. The van der Waals surface area contributed by atoms with Gasteiger partial charge in [-0.15, -0.1) is 0 Å². The van der Waals surface area contributed by atoms with Crippen molar-refractivity contribution in [3.63, 3.8) is 0 Å². The summed E-state index contributed by atoms with van der Waals surface area (Å²) < 4.78 is 40.3. The van der Waals surface area contributed by atoms with Crippen LogP contribution >= 0.6 is 0 Å². The third kappa shape index (κ3) is 3.98. The maximum atomic E-state index is 12.2. The first-order valence-electron chi connectivity index (χ1n) is 8.42. The molecule has 0 spiro atoms. The van der Waals surface area contributed by atoms with Crippen molar-refractivity contribution in [1.29, 1.82) is 0 Å². The normalized spacial score (nSPS) is 11.5. The van der Waals surface area contributed by atoms with E-state index in [0.29, 0.717) is 33.6 Å². The molecule has 1 aromatic heterocycles. The van der Waals surface area contributed by atoms with Crippen LogP contribution in [-0.4, -0.2) is 27.2 Å². The smallest absolute Gasteiger partial charge is 0.342 e. The van der Waals surface area contributed by atoms with Crippen LogP contribution in [-0.2, 0) is 21.2 Å². The van der Waals surface area contributed by atoms with E-state index in [1.807, 2.05) is 0 Å². The standard InChI is InChI=1S/C20H20O6S/c1-4-24-20(21)19-13(2)26-17-10-9-15(11-16(17)19)25-12-14-7-5-6-8-18(14)27(3,22)23/h5-11H,4,12H2,1-3H3. The maximum Gasteiger partial charge on any atom is 0.342 e. The van der Waals surface area contributed by atoms with Crippen molar-refractivity contribution < 1.29 is 27.1 Å². The van der Waals surface area contributed by atoms with Crippen molar-refractivity contribution in [1.82, 2.24) is 0 Å². The van der Waals surface area contributed by atoms with Crippen LogP contribution in [0.1, 0.15) is 28.6 Å². The summed E-state index contributed by atoms with van der Waals surface area (Å²) in [6.45, 7) is 3.79. The summed E-state index contributed by atoms with van der Waals surface area (Å²) in [4.78, 5) is 12.4. The van der Waals surface area contributed by atoms with Crippen molar-refractivity contribution in [2.75, 3.05) is 12.9 Å². The molecular weight excluding hydrogens is 368 g/mol. The Bertz CT molecular complexity index is 1090. The fourth-order valence-electron chi connectivity index (χ4n) is 2.89. The third-order valence-corrected chi connectivity index (χ3v) is 5.28. The molecule has 6 nitrogen and oxygen atoms in total. The number of rotatable bonds is 6. The van der Waals surface area contributed by atoms with Gasteiger partial charge in [-0.25, -0.2) is 13.2 Å². The minimum Gasteiger partial charge on any atom is -0.489 e. The fourth-order valence-corrected chi connectivity index (χ4v) is 3.82. The number of esters is 1. The zero-order valence-electron chi connectivity index (χ0n) is 15.3. The number of furan rings is 1. The molecule has 3 aromatic rings. The highest BCUT2D eigenvalue weighted by Gasteiger charge is 2.20. The molecule has 142 valence electrons. The number of benzene rings is 2. The van der Waals surface area contributed by atoms with Gasteiger partial charge in [0.05, 0.1) is 11.5 Å². The zero-order chi connectivity index (χ0) is 19.6. The topological polar surface area (TPSA) is 82.8 Å². The molecule has 1 heterocycles. The van der Waals surface area contributed by atoms with Gasteiger partial charge in [0.25, 0.3) is 0 Å². The number of sulfone groups is 1. The highest BCUT2D eigenvalue weighted by atomic mass is 32.2. The summed E-state index contributed by atoms with van der Waals surface area (Å²) in [6.07, 6.45) is 1.16. The van der Waals surface area contributed by atoms with Gasteiger partial charge in [-0.3, -0.25) is 0 Å². The lowest BCUT2D eigenvalue weighted by Gasteiger charge is -2.10. The lowest BCUT2D eigenvalue weighted by Crippen LogP contribution is -2.06. The van der Waals surface area contributed by atoms with Gasteiger partial charge in [-0.05, 0) is 38.1 Å². The van der Waals surface area contributed by atoms with E-state index in [0.717, 1.165) is 6.26 Å². The van der Waals surface area contributed by atoms with Gasteiger partial charge in [0.1, 0.15) is 29.3 Å². The van der Waals surface area contributed by atoms with Crippen molar-refractivity contribution in [2.45, 2.75) is 25.3 Å². The third-order valence-electron chi connectivity index (χ3n) is 4.08. The first-order chi connectivity index (χ1) is 12.8. The van der Waals surface area contributed by atoms with Gasteiger partial charge in [0.2, 0.25) is 0 Å². The van der Waals surface area contributed by atoms with E-state index in [1.54, 1.807) is 56.3 Å². The fraction of sp³-hybridized carbons (Fsp3) is 0.250. The molecule has 0 unspecified atom stereocenters. The highest BCUT2D eigenvalue weighted by Crippen LogP contribution is 2.30. The molecule has 0 radical (unpaired) electrons. The number of carbonyl (C=O) groups is 1. The first kappa shape index (κ1) is 19.0. The second kappa shape index (κ2) is 7.44. The van der Waals surface area contributed by atoms with Crippen molar-refractivity contribution >= 4 is 26.8 Å². The Morgan fingerprint density at radius 2 is 1.89 bits per heavy atom. The van der Waals surface area contributed by atoms with E-state index >= 15 is 0 Å². The maximum absolute atomic E-state index is 12.2. The minimum atomic E-state index is -3.35. The Hall–Kier alpha value is -2.80. The predicted octanol–water partition coefficient (Wildman–Crippen LogP) is 3.90. The van der Waals surface area contributed by atoms with Crippen molar-refractivity contribution in [3.8, 4) is 5.75 Å². The second-order valence-electron chi connectivity index (χ2n) is 6.08. The summed E-state index contributed by atoms with van der Waals surface area (Å²) in [6, 6.07) is 11.8. The quantitative estimate of drug-likeness (QED) is 0.596. The summed E-state index contributed by atoms with van der Waals surface area (Å²) in [5, 5.41) is 0.597. The van der Waals surface area contributed by atoms with E-state index in [9.17, 15) is 13.2 Å². The van der Waals surface area contributed by atoms with Crippen LogP contribution < -0.4 is 4.74 Å². The van der Waals surface area contributed by atoms with E-state index < -0.39 is 15.8 Å². The molecule has 0 fully saturated rings. The molecule has 0 saturated carbocycles. The lowest BCUT2D eigenvalue weighted by molar-refractivity contribution is 0.0526. The van der Waals surface area contributed by atoms with Crippen LogP contribution in [0.4, 0.5) is 0 Å². The predicted molar refractivity (Wildman–Crippen MR) is 101 cm³/mol. The molecule has 0 aliphatic rings. The molecule has 0 atom stereocenters. The van der Waals surface area contributed by atoms with Gasteiger partial charge in [0, 0.05) is 17.2 Å². The van der Waals surface area contributed by atoms with Gasteiger partial charge in [0.15, 0.2) is 9.84 Å². The van der Waals surface area contributed by atoms with Crippen LogP contribution in [0.25, 0.3) is 11.0 Å². The number of fused-ring (bicyclic) bond motifs is 1. The molecule has 0 aliphatic carbocycles. The van der Waals surface area contributed by atoms with Crippen LogP contribution in [0.5, 0.6) is 5.75 Å². The number of hydrogen-bond donors (Lipinski definition) is 0. The number of aryl methyl sites for hydroxylation is 1. The molecule has 27 heavy (non-hydrogen) atoms. The van der Waals surface area contributed by atoms with Crippen LogP contribution in [0.2, 0.25) is 0 Å². The van der Waals surface area contributed by atoms with Gasteiger partial charge in [-0.1, -0.05) is 18.2 Å². The molecule has 0 aliphatic heterocycles. The molecule has 0 bridgehead atoms. The Morgan fingerprint density at radius 1 is 1.15 bits per heavy atom. The Morgan fingerprint density at radius 3 is 2.59 bits per heavy atom. The van der Waals surface area contributed by atoms with Crippen molar-refractivity contribution in [3.05, 3.63) is 59.4 Å². The van der Waals surface area contributed by atoms with E-state index in [4.69, 9.17) is 13.9 Å². The molecule has 3 rings (SSSR count). The summed E-state index contributed by atoms with van der Waals surface area (Å²) in [5.74, 6) is 0.522. The average molecular weight is 388 g/mol. The van der Waals surface area contributed by atoms with Gasteiger partial charge >= 0.3 is 5.97 Å². The highest BCUT2D eigenvalue weighted by molar-refractivity contribution is 7.90. The Kier molecular flexibility index (Phi) is 5.23. The van der Waals surface area contributed by atoms with Crippen LogP contribution in [0.3, 0.4) is 0 Å². The number of carbonyl (C=O) groups excluding carboxylic acids is 1. The SMILES string of the molecule is CCOC(=O)c1c(C)oc2ccc(OCc3ccccc3S(C)(=O)=O)cc12. The van der Waals surface area contributed by atoms with Gasteiger partial charge < -0.3 is 13.9 Å². The summed E-state index contributed by atoms with van der Waals surface area (Å²) >= 11 is 0. The summed E-state index contributed by atoms with van der Waals surface area (Å²) in [7, 11) is -3.35. The van der Waals surface area contributed by atoms with Crippen LogP contribution in [0, 0.1) is 6.92 Å². The molecule has 0 N–H and O–H groups in total. The molecule has 7 heteroatoms. The number of hydrogen-bond acceptors (Lipinski definition) is 6. The molecule has 0 amide bonds. The number of ether oxygens (including phenoxy) is 2. The van der Waals surface area contributed by atoms with E-state index in [2.05, 4.69) is 0 Å². The Balaban J connectivity index is 1.91. The largest absolute Gasteiger partial charge is 0.489 e. The average Bonchev–Trinajstić information content (AvgIpc) is 2.94. The van der Waals surface area contributed by atoms with E-state index in [-0.39, 0.29) is 18.1 Å². The Labute approximate surface area is 157 Å². The molecule has 2 aromatic carbocycles. The first-order valence-corrected chi connectivity index (χ1v) is 10.3. The second-order valence-corrected chi connectivity index (χ2v) is 8.06. The molecule has 0 saturated heterocycles. The van der Waals surface area contributed by atoms with E-state index in [1.165, 1.54) is 0 Å². The monoisotopic (exact) mass is 388 g/mol. The zero-order valence-corrected chi connectivity index (χ0v) is 16.1. The lowest BCUT2D eigenvalue weighted by atomic mass is 10.1. The minimum absolute atomic E-state index is 0.0837. The molecular formula is C20H20O6S.